The number of esters is 1. The zero-order valence-electron chi connectivity index (χ0n) is 11.8. The predicted octanol–water partition coefficient (Wildman–Crippen LogP) is 2.78. The molecule has 2 fully saturated rings. The van der Waals surface area contributed by atoms with Crippen LogP contribution in [-0.4, -0.2) is 22.6 Å². The Hall–Kier alpha value is -1.32. The van der Waals surface area contributed by atoms with Gasteiger partial charge in [-0.2, -0.15) is 0 Å². The smallest absolute Gasteiger partial charge is 0.330 e. The Kier molecular flexibility index (Phi) is 3.45. The Morgan fingerprint density at radius 1 is 1.21 bits per heavy atom. The van der Waals surface area contributed by atoms with Crippen LogP contribution in [0.15, 0.2) is 12.2 Å². The summed E-state index contributed by atoms with van der Waals surface area (Å²) in [4.78, 5) is 22.8. The molecular weight excluding hydrogens is 244 g/mol. The third kappa shape index (κ3) is 2.82. The highest BCUT2D eigenvalue weighted by atomic mass is 16.6. The molecule has 2 aliphatic rings. The lowest BCUT2D eigenvalue weighted by Crippen LogP contribution is -2.27. The van der Waals surface area contributed by atoms with Crippen LogP contribution in [0, 0.1) is 17.3 Å². The molecule has 0 radical (unpaired) electrons. The number of ether oxygens (including phenoxy) is 1. The summed E-state index contributed by atoms with van der Waals surface area (Å²) in [6, 6.07) is 0. The van der Waals surface area contributed by atoms with E-state index < -0.39 is 11.9 Å². The molecule has 0 bridgehead atoms. The van der Waals surface area contributed by atoms with Gasteiger partial charge >= 0.3 is 11.9 Å². The summed E-state index contributed by atoms with van der Waals surface area (Å²) in [6.45, 7) is 5.78. The van der Waals surface area contributed by atoms with Gasteiger partial charge in [0.05, 0.1) is 5.92 Å². The summed E-state index contributed by atoms with van der Waals surface area (Å²) >= 11 is 0. The zero-order chi connectivity index (χ0) is 14.3. The van der Waals surface area contributed by atoms with Crippen LogP contribution < -0.4 is 0 Å². The van der Waals surface area contributed by atoms with Gasteiger partial charge in [-0.05, 0) is 43.9 Å². The van der Waals surface area contributed by atoms with E-state index in [1.165, 1.54) is 6.08 Å². The van der Waals surface area contributed by atoms with E-state index >= 15 is 0 Å². The van der Waals surface area contributed by atoms with Crippen molar-refractivity contribution in [1.82, 2.24) is 0 Å². The fourth-order valence-electron chi connectivity index (χ4n) is 3.19. The predicted molar refractivity (Wildman–Crippen MR) is 70.5 cm³/mol. The first-order valence-electron chi connectivity index (χ1n) is 6.90. The number of hydrogen-bond acceptors (Lipinski definition) is 3. The molecule has 2 unspecified atom stereocenters. The molecule has 2 saturated carbocycles. The number of aliphatic carboxylic acids is 1. The normalized spacial score (nSPS) is 31.3. The first-order chi connectivity index (χ1) is 8.76. The molecule has 0 spiro atoms. The lowest BCUT2D eigenvalue weighted by Gasteiger charge is -2.22. The maximum absolute atomic E-state index is 11.8. The summed E-state index contributed by atoms with van der Waals surface area (Å²) in [7, 11) is 0. The van der Waals surface area contributed by atoms with Crippen molar-refractivity contribution in [2.75, 3.05) is 0 Å². The van der Waals surface area contributed by atoms with Crippen LogP contribution in [0.1, 0.15) is 46.5 Å². The van der Waals surface area contributed by atoms with Crippen LogP contribution in [-0.2, 0) is 14.3 Å². The highest BCUT2D eigenvalue weighted by Gasteiger charge is 2.60. The molecule has 4 nitrogen and oxygen atoms in total. The molecule has 2 rings (SSSR count). The molecule has 2 atom stereocenters. The number of hydrogen-bond donors (Lipinski definition) is 1. The van der Waals surface area contributed by atoms with Crippen LogP contribution >= 0.6 is 0 Å². The number of carboxylic acids is 1. The lowest BCUT2D eigenvalue weighted by molar-refractivity contribution is -0.151. The van der Waals surface area contributed by atoms with Crippen LogP contribution in [0.2, 0.25) is 0 Å². The van der Waals surface area contributed by atoms with E-state index in [1.54, 1.807) is 6.08 Å². The second kappa shape index (κ2) is 4.66. The van der Waals surface area contributed by atoms with Gasteiger partial charge in [0, 0.05) is 6.08 Å². The Bertz CT molecular complexity index is 416. The van der Waals surface area contributed by atoms with Crippen molar-refractivity contribution < 1.29 is 19.4 Å². The minimum Gasteiger partial charge on any atom is -0.481 e. The van der Waals surface area contributed by atoms with E-state index in [-0.39, 0.29) is 22.9 Å². The third-order valence-electron chi connectivity index (χ3n) is 4.62. The molecule has 0 aliphatic heterocycles. The van der Waals surface area contributed by atoms with E-state index in [2.05, 4.69) is 0 Å². The topological polar surface area (TPSA) is 63.6 Å². The van der Waals surface area contributed by atoms with Crippen LogP contribution in [0.5, 0.6) is 0 Å². The van der Waals surface area contributed by atoms with Gasteiger partial charge in [0.2, 0.25) is 0 Å². The van der Waals surface area contributed by atoms with Crippen molar-refractivity contribution in [3.05, 3.63) is 12.2 Å². The molecule has 0 heterocycles. The molecule has 0 aromatic rings. The quantitative estimate of drug-likeness (QED) is 0.627. The molecule has 19 heavy (non-hydrogen) atoms. The Balaban J connectivity index is 1.89. The maximum Gasteiger partial charge on any atom is 0.330 e. The third-order valence-corrected chi connectivity index (χ3v) is 4.62. The van der Waals surface area contributed by atoms with Crippen molar-refractivity contribution in [2.45, 2.75) is 52.1 Å². The summed E-state index contributed by atoms with van der Waals surface area (Å²) in [5.41, 5.74) is -0.591. The number of carboxylic acid groups (broad SMARTS) is 1. The molecule has 106 valence electrons. The van der Waals surface area contributed by atoms with Gasteiger partial charge in [-0.1, -0.05) is 19.9 Å². The Labute approximate surface area is 113 Å². The zero-order valence-corrected chi connectivity index (χ0v) is 11.8. The number of carbonyl (C=O) groups is 2. The number of carbonyl (C=O) groups excluding carboxylic acids is 1. The Morgan fingerprint density at radius 3 is 2.26 bits per heavy atom. The van der Waals surface area contributed by atoms with Crippen molar-refractivity contribution in [3.63, 3.8) is 0 Å². The summed E-state index contributed by atoms with van der Waals surface area (Å²) in [5, 5.41) is 9.05. The van der Waals surface area contributed by atoms with Gasteiger partial charge in [-0.15, -0.1) is 0 Å². The highest BCUT2D eigenvalue weighted by Crippen LogP contribution is 2.59. The minimum atomic E-state index is -0.796. The molecule has 0 aromatic carbocycles. The van der Waals surface area contributed by atoms with Crippen molar-refractivity contribution in [1.29, 1.82) is 0 Å². The first kappa shape index (κ1) is 14.1. The standard InChI is InChI=1S/C15H22O4/c1-14(2)10(12(14)13(17)18)6-7-11(16)19-15(3)8-4-5-9-15/h6-7,10,12H,4-5,8-9H2,1-3H3,(H,17,18). The van der Waals surface area contributed by atoms with E-state index in [9.17, 15) is 9.59 Å². The van der Waals surface area contributed by atoms with E-state index in [4.69, 9.17) is 9.84 Å². The summed E-state index contributed by atoms with van der Waals surface area (Å²) in [6.07, 6.45) is 7.13. The monoisotopic (exact) mass is 266 g/mol. The van der Waals surface area contributed by atoms with E-state index in [0.717, 1.165) is 25.7 Å². The van der Waals surface area contributed by atoms with Crippen molar-refractivity contribution in [2.24, 2.45) is 17.3 Å². The fourth-order valence-corrected chi connectivity index (χ4v) is 3.19. The van der Waals surface area contributed by atoms with Gasteiger partial charge in [0.25, 0.3) is 0 Å². The molecular formula is C15H22O4. The number of allylic oxidation sites excluding steroid dienone is 1. The molecule has 0 aromatic heterocycles. The molecule has 0 amide bonds. The van der Waals surface area contributed by atoms with Crippen LogP contribution in [0.3, 0.4) is 0 Å². The average Bonchev–Trinajstić information content (AvgIpc) is 2.62. The summed E-state index contributed by atoms with van der Waals surface area (Å²) < 4.78 is 5.47. The SMILES string of the molecule is CC1(OC(=O)C=CC2C(C(=O)O)C2(C)C)CCCC1. The molecule has 1 N–H and O–H groups in total. The largest absolute Gasteiger partial charge is 0.481 e. The fraction of sp³-hybridized carbons (Fsp3) is 0.733. The molecule has 4 heteroatoms. The van der Waals surface area contributed by atoms with Crippen molar-refractivity contribution in [3.8, 4) is 0 Å². The van der Waals surface area contributed by atoms with Crippen LogP contribution in [0.25, 0.3) is 0 Å². The molecule has 2 aliphatic carbocycles. The summed E-state index contributed by atoms with van der Waals surface area (Å²) in [5.74, 6) is -1.61. The van der Waals surface area contributed by atoms with Gasteiger partial charge in [-0.25, -0.2) is 4.79 Å². The average molecular weight is 266 g/mol. The lowest BCUT2D eigenvalue weighted by atomic mass is 10.1. The maximum atomic E-state index is 11.8. The highest BCUT2D eigenvalue weighted by molar-refractivity contribution is 5.83. The minimum absolute atomic E-state index is 0.0751. The van der Waals surface area contributed by atoms with Crippen LogP contribution in [0.4, 0.5) is 0 Å². The second-order valence-electron chi connectivity index (χ2n) is 6.60. The van der Waals surface area contributed by atoms with Gasteiger partial charge < -0.3 is 9.84 Å². The van der Waals surface area contributed by atoms with Gasteiger partial charge in [-0.3, -0.25) is 4.79 Å². The van der Waals surface area contributed by atoms with Gasteiger partial charge in [0.1, 0.15) is 5.60 Å². The molecule has 0 saturated heterocycles. The van der Waals surface area contributed by atoms with Crippen molar-refractivity contribution >= 4 is 11.9 Å². The van der Waals surface area contributed by atoms with Gasteiger partial charge in [0.15, 0.2) is 0 Å². The Morgan fingerprint density at radius 2 is 1.79 bits per heavy atom. The number of rotatable bonds is 4. The second-order valence-corrected chi connectivity index (χ2v) is 6.60. The van der Waals surface area contributed by atoms with E-state index in [1.807, 2.05) is 20.8 Å². The first-order valence-corrected chi connectivity index (χ1v) is 6.90. The van der Waals surface area contributed by atoms with E-state index in [0.29, 0.717) is 0 Å².